The largest absolute Gasteiger partial charge is 0.468 e. The van der Waals surface area contributed by atoms with Gasteiger partial charge in [0, 0.05) is 43.2 Å². The zero-order valence-electron chi connectivity index (χ0n) is 19.3. The Morgan fingerprint density at radius 1 is 1.16 bits per heavy atom. The fourth-order valence-electron chi connectivity index (χ4n) is 4.61. The van der Waals surface area contributed by atoms with Gasteiger partial charge < -0.3 is 19.4 Å². The van der Waals surface area contributed by atoms with Crippen LogP contribution in [0.15, 0.2) is 69.6 Å². The van der Waals surface area contributed by atoms with Crippen molar-refractivity contribution >= 4 is 17.4 Å². The fraction of sp³-hybridized carbons (Fsp3) is 0.385. The number of ether oxygens (including phenoxy) is 1. The van der Waals surface area contributed by atoms with E-state index in [1.807, 2.05) is 40.9 Å². The number of Topliss-reactive ketones (excluding diaryl/α,β-unsaturated/α-hetero) is 1. The van der Waals surface area contributed by atoms with Gasteiger partial charge in [0.05, 0.1) is 23.9 Å². The smallest absolute Gasteiger partial charge is 0.337 e. The van der Waals surface area contributed by atoms with Crippen LogP contribution in [-0.2, 0) is 14.3 Å². The highest BCUT2D eigenvalue weighted by molar-refractivity contribution is 6.04. The van der Waals surface area contributed by atoms with Gasteiger partial charge in [0.1, 0.15) is 5.76 Å². The van der Waals surface area contributed by atoms with Crippen LogP contribution in [0.1, 0.15) is 56.8 Å². The maximum atomic E-state index is 13.5. The lowest BCUT2D eigenvalue weighted by Gasteiger charge is -2.36. The van der Waals surface area contributed by atoms with Crippen molar-refractivity contribution in [1.29, 1.82) is 0 Å². The molecule has 32 heavy (non-hydrogen) atoms. The fourth-order valence-corrected chi connectivity index (χ4v) is 4.61. The van der Waals surface area contributed by atoms with Crippen LogP contribution in [0.3, 0.4) is 0 Å². The summed E-state index contributed by atoms with van der Waals surface area (Å²) in [7, 11) is 4.02. The van der Waals surface area contributed by atoms with E-state index in [4.69, 9.17) is 9.15 Å². The van der Waals surface area contributed by atoms with E-state index in [-0.39, 0.29) is 17.8 Å². The number of furan rings is 1. The molecule has 2 atom stereocenters. The normalized spacial score (nSPS) is 20.9. The van der Waals surface area contributed by atoms with Crippen LogP contribution in [0.5, 0.6) is 0 Å². The molecular formula is C26H30N2O4. The molecular weight excluding hydrogens is 404 g/mol. The van der Waals surface area contributed by atoms with E-state index < -0.39 is 11.9 Å². The average Bonchev–Trinajstić information content (AvgIpc) is 3.26. The summed E-state index contributed by atoms with van der Waals surface area (Å²) < 4.78 is 11.2. The first-order valence-electron chi connectivity index (χ1n) is 11.0. The Labute approximate surface area is 188 Å². The van der Waals surface area contributed by atoms with Gasteiger partial charge in [0.25, 0.3) is 0 Å². The van der Waals surface area contributed by atoms with Gasteiger partial charge in [-0.05, 0) is 62.9 Å². The second kappa shape index (κ2) is 8.69. The van der Waals surface area contributed by atoms with E-state index in [2.05, 4.69) is 34.5 Å². The summed E-state index contributed by atoms with van der Waals surface area (Å²) in [5.74, 6) is -0.288. The van der Waals surface area contributed by atoms with Crippen molar-refractivity contribution in [1.82, 2.24) is 5.32 Å². The third-order valence-electron chi connectivity index (χ3n) is 6.10. The summed E-state index contributed by atoms with van der Waals surface area (Å²) in [6.45, 7) is 5.49. The molecule has 0 radical (unpaired) electrons. The van der Waals surface area contributed by atoms with Gasteiger partial charge >= 0.3 is 5.97 Å². The summed E-state index contributed by atoms with van der Waals surface area (Å²) in [5.41, 5.74) is 4.88. The number of hydrogen-bond donors (Lipinski definition) is 1. The van der Waals surface area contributed by atoms with E-state index >= 15 is 0 Å². The first kappa shape index (κ1) is 21.9. The van der Waals surface area contributed by atoms with Gasteiger partial charge in [-0.25, -0.2) is 4.79 Å². The van der Waals surface area contributed by atoms with Crippen LogP contribution in [0.25, 0.3) is 0 Å². The molecule has 1 aliphatic heterocycles. The number of carbonyl (C=O) groups excluding carboxylic acids is 2. The molecule has 0 fully saturated rings. The zero-order chi connectivity index (χ0) is 23.0. The monoisotopic (exact) mass is 434 g/mol. The Hall–Kier alpha value is -3.28. The number of ketones is 1. The Kier molecular flexibility index (Phi) is 5.96. The Morgan fingerprint density at radius 3 is 2.47 bits per heavy atom. The lowest BCUT2D eigenvalue weighted by Crippen LogP contribution is -2.36. The molecule has 168 valence electrons. The van der Waals surface area contributed by atoms with Crippen molar-refractivity contribution in [3.8, 4) is 0 Å². The minimum Gasteiger partial charge on any atom is -0.468 e. The van der Waals surface area contributed by atoms with Crippen LogP contribution in [0, 0.1) is 0 Å². The summed E-state index contributed by atoms with van der Waals surface area (Å²) in [5, 5.41) is 3.36. The minimum atomic E-state index is -0.558. The molecule has 1 aliphatic carbocycles. The van der Waals surface area contributed by atoms with Crippen LogP contribution >= 0.6 is 0 Å². The molecule has 0 spiro atoms. The van der Waals surface area contributed by atoms with Crippen LogP contribution in [0.2, 0.25) is 0 Å². The summed E-state index contributed by atoms with van der Waals surface area (Å²) in [6, 6.07) is 11.9. The van der Waals surface area contributed by atoms with E-state index in [1.165, 1.54) is 0 Å². The van der Waals surface area contributed by atoms with Crippen molar-refractivity contribution in [3.05, 3.63) is 76.5 Å². The minimum absolute atomic E-state index is 0.0317. The van der Waals surface area contributed by atoms with Crippen molar-refractivity contribution in [3.63, 3.8) is 0 Å². The number of benzene rings is 1. The van der Waals surface area contributed by atoms with Gasteiger partial charge in [0.15, 0.2) is 5.78 Å². The molecule has 0 bridgehead atoms. The molecule has 2 aliphatic rings. The number of dihydropyridines is 1. The molecule has 6 heteroatoms. The van der Waals surface area contributed by atoms with Crippen molar-refractivity contribution in [2.45, 2.75) is 51.6 Å². The summed E-state index contributed by atoms with van der Waals surface area (Å²) in [6.07, 6.45) is 2.40. The lowest BCUT2D eigenvalue weighted by molar-refractivity contribution is -0.143. The highest BCUT2D eigenvalue weighted by Crippen LogP contribution is 2.46. The number of esters is 1. The number of nitrogens with zero attached hydrogens (tertiary/aromatic N) is 1. The average molecular weight is 435 g/mol. The zero-order valence-corrected chi connectivity index (χ0v) is 19.3. The molecule has 0 unspecified atom stereocenters. The van der Waals surface area contributed by atoms with Crippen LogP contribution in [-0.4, -0.2) is 32.0 Å². The number of rotatable bonds is 5. The third kappa shape index (κ3) is 4.09. The highest BCUT2D eigenvalue weighted by atomic mass is 16.5. The maximum absolute atomic E-state index is 13.5. The Balaban J connectivity index is 1.71. The number of carbonyl (C=O) groups is 2. The molecule has 0 saturated carbocycles. The number of nitrogens with one attached hydrogen (secondary N) is 1. The number of anilines is 1. The van der Waals surface area contributed by atoms with Gasteiger partial charge in [-0.15, -0.1) is 0 Å². The second-order valence-electron chi connectivity index (χ2n) is 8.97. The van der Waals surface area contributed by atoms with Gasteiger partial charge in [-0.3, -0.25) is 4.79 Å². The maximum Gasteiger partial charge on any atom is 0.337 e. The third-order valence-corrected chi connectivity index (χ3v) is 6.10. The van der Waals surface area contributed by atoms with E-state index in [0.717, 1.165) is 16.9 Å². The van der Waals surface area contributed by atoms with Crippen LogP contribution in [0.4, 0.5) is 5.69 Å². The second-order valence-corrected chi connectivity index (χ2v) is 8.97. The lowest BCUT2D eigenvalue weighted by atomic mass is 9.73. The molecule has 4 rings (SSSR count). The number of hydrogen-bond acceptors (Lipinski definition) is 6. The molecule has 2 heterocycles. The van der Waals surface area contributed by atoms with Crippen LogP contribution < -0.4 is 10.2 Å². The summed E-state index contributed by atoms with van der Waals surface area (Å²) >= 11 is 0. The first-order chi connectivity index (χ1) is 15.3. The summed E-state index contributed by atoms with van der Waals surface area (Å²) in [4.78, 5) is 28.5. The van der Waals surface area contributed by atoms with E-state index in [1.54, 1.807) is 12.3 Å². The predicted octanol–water partition coefficient (Wildman–Crippen LogP) is 4.66. The first-order valence-corrected chi connectivity index (χ1v) is 11.0. The topological polar surface area (TPSA) is 71.8 Å². The molecule has 1 N–H and O–H groups in total. The van der Waals surface area contributed by atoms with Gasteiger partial charge in [-0.2, -0.15) is 0 Å². The molecule has 0 amide bonds. The number of allylic oxidation sites excluding steroid dienone is 3. The predicted molar refractivity (Wildman–Crippen MR) is 123 cm³/mol. The van der Waals surface area contributed by atoms with Crippen molar-refractivity contribution in [2.24, 2.45) is 0 Å². The van der Waals surface area contributed by atoms with E-state index in [0.29, 0.717) is 35.4 Å². The Morgan fingerprint density at radius 2 is 1.88 bits per heavy atom. The highest BCUT2D eigenvalue weighted by Gasteiger charge is 2.42. The van der Waals surface area contributed by atoms with E-state index in [9.17, 15) is 9.59 Å². The molecule has 2 aromatic rings. The SMILES string of the molecule is CC1=C(C(=O)OC(C)C)[C@H](c2ccco2)C2=C(C[C@H](c3ccc(N(C)C)cc3)CC2=O)N1. The quantitative estimate of drug-likeness (QED) is 0.690. The standard InChI is InChI=1S/C26H30N2O4/c1-15(2)32-26(30)23-16(3)27-20-13-18(17-8-10-19(11-9-17)28(4)5)14-21(29)24(20)25(23)22-7-6-12-31-22/h6-12,15,18,25,27H,13-14H2,1-5H3/t18-,25-/m0/s1. The molecule has 1 aromatic heterocycles. The molecule has 0 saturated heterocycles. The van der Waals surface area contributed by atoms with Crippen molar-refractivity contribution < 1.29 is 18.7 Å². The van der Waals surface area contributed by atoms with Gasteiger partial charge in [0.2, 0.25) is 0 Å². The van der Waals surface area contributed by atoms with Gasteiger partial charge in [-0.1, -0.05) is 12.1 Å². The Bertz CT molecular complexity index is 1080. The molecule has 1 aromatic carbocycles. The van der Waals surface area contributed by atoms with Crippen molar-refractivity contribution in [2.75, 3.05) is 19.0 Å². The molecule has 6 nitrogen and oxygen atoms in total.